The molecule has 0 amide bonds. The first-order chi connectivity index (χ1) is 8.69. The van der Waals surface area contributed by atoms with Gasteiger partial charge in [0, 0.05) is 30.6 Å². The Balaban J connectivity index is 2.12. The molecule has 0 aliphatic rings. The molecule has 0 saturated carbocycles. The molecule has 4 nitrogen and oxygen atoms in total. The summed E-state index contributed by atoms with van der Waals surface area (Å²) in [7, 11) is 0. The summed E-state index contributed by atoms with van der Waals surface area (Å²) in [5.74, 6) is 1.03. The number of imidazole rings is 1. The highest BCUT2D eigenvalue weighted by atomic mass is 15.1. The highest BCUT2D eigenvalue weighted by molar-refractivity contribution is 5.11. The zero-order valence-electron chi connectivity index (χ0n) is 11.0. The molecule has 0 bridgehead atoms. The van der Waals surface area contributed by atoms with Gasteiger partial charge in [-0.05, 0) is 25.5 Å². The number of hydrogen-bond donors (Lipinski definition) is 1. The lowest BCUT2D eigenvalue weighted by molar-refractivity contribution is 0.594. The van der Waals surface area contributed by atoms with Crippen molar-refractivity contribution in [3.05, 3.63) is 47.8 Å². The van der Waals surface area contributed by atoms with Crippen molar-refractivity contribution < 1.29 is 0 Å². The SMILES string of the molecule is CCC(N)Cc1nccn1Cc1cccc(C)n1. The van der Waals surface area contributed by atoms with Crippen molar-refractivity contribution in [1.29, 1.82) is 0 Å². The van der Waals surface area contributed by atoms with E-state index in [1.165, 1.54) is 0 Å². The molecule has 0 aliphatic carbocycles. The van der Waals surface area contributed by atoms with E-state index in [1.54, 1.807) is 0 Å². The third-order valence-corrected chi connectivity index (χ3v) is 3.05. The average molecular weight is 244 g/mol. The van der Waals surface area contributed by atoms with E-state index in [2.05, 4.69) is 21.5 Å². The van der Waals surface area contributed by atoms with Gasteiger partial charge in [0.1, 0.15) is 5.82 Å². The third kappa shape index (κ3) is 3.17. The van der Waals surface area contributed by atoms with E-state index < -0.39 is 0 Å². The van der Waals surface area contributed by atoms with Crippen LogP contribution in [0.15, 0.2) is 30.6 Å². The van der Waals surface area contributed by atoms with E-state index in [1.807, 2.05) is 37.5 Å². The smallest absolute Gasteiger partial charge is 0.110 e. The quantitative estimate of drug-likeness (QED) is 0.874. The van der Waals surface area contributed by atoms with E-state index in [-0.39, 0.29) is 6.04 Å². The normalized spacial score (nSPS) is 12.6. The molecule has 0 radical (unpaired) electrons. The maximum atomic E-state index is 5.98. The second-order valence-electron chi connectivity index (χ2n) is 4.61. The largest absolute Gasteiger partial charge is 0.329 e. The zero-order chi connectivity index (χ0) is 13.0. The van der Waals surface area contributed by atoms with Gasteiger partial charge in [-0.3, -0.25) is 4.98 Å². The van der Waals surface area contributed by atoms with Crippen molar-refractivity contribution in [3.8, 4) is 0 Å². The minimum Gasteiger partial charge on any atom is -0.329 e. The van der Waals surface area contributed by atoms with E-state index >= 15 is 0 Å². The van der Waals surface area contributed by atoms with Crippen molar-refractivity contribution >= 4 is 0 Å². The summed E-state index contributed by atoms with van der Waals surface area (Å²) in [6.07, 6.45) is 5.60. The second kappa shape index (κ2) is 5.78. The van der Waals surface area contributed by atoms with Gasteiger partial charge in [0.15, 0.2) is 0 Å². The van der Waals surface area contributed by atoms with Crippen LogP contribution in [-0.2, 0) is 13.0 Å². The first kappa shape index (κ1) is 12.8. The van der Waals surface area contributed by atoms with Gasteiger partial charge in [0.2, 0.25) is 0 Å². The van der Waals surface area contributed by atoms with Crippen LogP contribution in [0.25, 0.3) is 0 Å². The summed E-state index contributed by atoms with van der Waals surface area (Å²) < 4.78 is 2.12. The van der Waals surface area contributed by atoms with Gasteiger partial charge in [-0.25, -0.2) is 4.98 Å². The number of nitrogens with zero attached hydrogens (tertiary/aromatic N) is 3. The summed E-state index contributed by atoms with van der Waals surface area (Å²) in [5.41, 5.74) is 8.08. The maximum Gasteiger partial charge on any atom is 0.110 e. The van der Waals surface area contributed by atoms with Crippen LogP contribution in [-0.4, -0.2) is 20.6 Å². The molecule has 18 heavy (non-hydrogen) atoms. The average Bonchev–Trinajstić information content (AvgIpc) is 2.76. The van der Waals surface area contributed by atoms with Crippen molar-refractivity contribution in [2.75, 3.05) is 0 Å². The number of rotatable bonds is 5. The molecule has 0 aliphatic heterocycles. The second-order valence-corrected chi connectivity index (χ2v) is 4.61. The van der Waals surface area contributed by atoms with Crippen LogP contribution in [0.2, 0.25) is 0 Å². The molecule has 2 aromatic heterocycles. The third-order valence-electron chi connectivity index (χ3n) is 3.05. The predicted molar refractivity (Wildman–Crippen MR) is 72.3 cm³/mol. The Morgan fingerprint density at radius 1 is 1.39 bits per heavy atom. The summed E-state index contributed by atoms with van der Waals surface area (Å²) in [5, 5.41) is 0. The highest BCUT2D eigenvalue weighted by Crippen LogP contribution is 2.07. The molecule has 0 spiro atoms. The van der Waals surface area contributed by atoms with Crippen LogP contribution in [0, 0.1) is 6.92 Å². The van der Waals surface area contributed by atoms with Crippen LogP contribution in [0.1, 0.15) is 30.6 Å². The summed E-state index contributed by atoms with van der Waals surface area (Å²) in [6.45, 7) is 4.86. The van der Waals surface area contributed by atoms with E-state index in [4.69, 9.17) is 5.73 Å². The Bertz CT molecular complexity index is 504. The molecule has 0 fully saturated rings. The van der Waals surface area contributed by atoms with Gasteiger partial charge in [0.25, 0.3) is 0 Å². The van der Waals surface area contributed by atoms with Gasteiger partial charge < -0.3 is 10.3 Å². The summed E-state index contributed by atoms with van der Waals surface area (Å²) in [6, 6.07) is 6.25. The minimum atomic E-state index is 0.177. The molecule has 2 N–H and O–H groups in total. The standard InChI is InChI=1S/C14H20N4/c1-3-12(15)9-14-16-7-8-18(14)10-13-6-4-5-11(2)17-13/h4-8,12H,3,9-10,15H2,1-2H3. The molecule has 2 rings (SSSR count). The number of hydrogen-bond acceptors (Lipinski definition) is 3. The van der Waals surface area contributed by atoms with Crippen LogP contribution < -0.4 is 5.73 Å². The molecule has 0 aromatic carbocycles. The van der Waals surface area contributed by atoms with Crippen molar-refractivity contribution in [1.82, 2.24) is 14.5 Å². The Morgan fingerprint density at radius 2 is 2.22 bits per heavy atom. The molecule has 96 valence electrons. The van der Waals surface area contributed by atoms with Crippen LogP contribution >= 0.6 is 0 Å². The monoisotopic (exact) mass is 244 g/mol. The molecule has 1 atom stereocenters. The lowest BCUT2D eigenvalue weighted by Gasteiger charge is -2.11. The lowest BCUT2D eigenvalue weighted by Crippen LogP contribution is -2.23. The summed E-state index contributed by atoms with van der Waals surface area (Å²) >= 11 is 0. The molecular weight excluding hydrogens is 224 g/mol. The lowest BCUT2D eigenvalue weighted by atomic mass is 10.1. The van der Waals surface area contributed by atoms with E-state index in [9.17, 15) is 0 Å². The fraction of sp³-hybridized carbons (Fsp3) is 0.429. The van der Waals surface area contributed by atoms with Gasteiger partial charge in [-0.15, -0.1) is 0 Å². The van der Waals surface area contributed by atoms with Crippen LogP contribution in [0.3, 0.4) is 0 Å². The van der Waals surface area contributed by atoms with Crippen molar-refractivity contribution in [2.45, 2.75) is 39.3 Å². The van der Waals surface area contributed by atoms with E-state index in [0.717, 1.165) is 36.6 Å². The number of aromatic nitrogens is 3. The Hall–Kier alpha value is -1.68. The van der Waals surface area contributed by atoms with Gasteiger partial charge in [-0.2, -0.15) is 0 Å². The molecule has 2 aromatic rings. The Labute approximate surface area is 108 Å². The number of aryl methyl sites for hydroxylation is 1. The highest BCUT2D eigenvalue weighted by Gasteiger charge is 2.08. The van der Waals surface area contributed by atoms with Gasteiger partial charge in [0.05, 0.1) is 12.2 Å². The summed E-state index contributed by atoms with van der Waals surface area (Å²) in [4.78, 5) is 8.89. The fourth-order valence-corrected chi connectivity index (χ4v) is 1.91. The zero-order valence-corrected chi connectivity index (χ0v) is 11.0. The molecule has 1 unspecified atom stereocenters. The Kier molecular flexibility index (Phi) is 4.10. The van der Waals surface area contributed by atoms with Gasteiger partial charge >= 0.3 is 0 Å². The van der Waals surface area contributed by atoms with Crippen molar-refractivity contribution in [3.63, 3.8) is 0 Å². The predicted octanol–water partition coefficient (Wildman–Crippen LogP) is 1.91. The first-order valence-corrected chi connectivity index (χ1v) is 6.37. The molecular formula is C14H20N4. The number of pyridine rings is 1. The molecule has 4 heteroatoms. The van der Waals surface area contributed by atoms with Gasteiger partial charge in [-0.1, -0.05) is 13.0 Å². The van der Waals surface area contributed by atoms with Crippen LogP contribution in [0.5, 0.6) is 0 Å². The molecule has 0 saturated heterocycles. The van der Waals surface area contributed by atoms with Crippen molar-refractivity contribution in [2.24, 2.45) is 5.73 Å². The van der Waals surface area contributed by atoms with E-state index in [0.29, 0.717) is 0 Å². The number of nitrogens with two attached hydrogens (primary N) is 1. The van der Waals surface area contributed by atoms with Crippen LogP contribution in [0.4, 0.5) is 0 Å². The minimum absolute atomic E-state index is 0.177. The Morgan fingerprint density at radius 3 is 2.94 bits per heavy atom. The first-order valence-electron chi connectivity index (χ1n) is 6.37. The molecule has 2 heterocycles. The maximum absolute atomic E-state index is 5.98. The topological polar surface area (TPSA) is 56.7 Å². The fourth-order valence-electron chi connectivity index (χ4n) is 1.91.